The molecule has 2 atom stereocenters. The Morgan fingerprint density at radius 3 is 2.35 bits per heavy atom. The Balaban J connectivity index is 3.71. The molecule has 0 aliphatic heterocycles. The first kappa shape index (κ1) is 24.8. The van der Waals surface area contributed by atoms with Crippen LogP contribution in [0.15, 0.2) is 12.7 Å². The summed E-state index contributed by atoms with van der Waals surface area (Å²) in [5.74, 6) is -0.0238. The number of carbonyl (C=O) groups is 2. The van der Waals surface area contributed by atoms with Crippen LogP contribution in [0, 0.1) is 5.92 Å². The molecule has 0 spiro atoms. The van der Waals surface area contributed by atoms with E-state index >= 15 is 0 Å². The average molecular weight is 369 g/mol. The van der Waals surface area contributed by atoms with Crippen LogP contribution in [0.25, 0.3) is 0 Å². The maximum absolute atomic E-state index is 11.8. The van der Waals surface area contributed by atoms with Gasteiger partial charge in [0.1, 0.15) is 6.61 Å². The smallest absolute Gasteiger partial charge is 0.246 e. The molecule has 3 N–H and O–H groups in total. The third-order valence-corrected chi connectivity index (χ3v) is 4.48. The van der Waals surface area contributed by atoms with Crippen LogP contribution in [0.5, 0.6) is 0 Å². The second kappa shape index (κ2) is 16.0. The van der Waals surface area contributed by atoms with Gasteiger partial charge in [-0.25, -0.2) is 0 Å². The van der Waals surface area contributed by atoms with E-state index in [1.807, 2.05) is 13.8 Å². The zero-order valence-electron chi connectivity index (χ0n) is 17.1. The van der Waals surface area contributed by atoms with E-state index in [4.69, 9.17) is 10.5 Å². The van der Waals surface area contributed by atoms with Crippen LogP contribution < -0.4 is 11.1 Å². The van der Waals surface area contributed by atoms with Gasteiger partial charge in [0.25, 0.3) is 0 Å². The molecule has 0 rings (SSSR count). The van der Waals surface area contributed by atoms with Crippen LogP contribution in [0.1, 0.15) is 78.6 Å². The van der Waals surface area contributed by atoms with E-state index in [0.29, 0.717) is 13.0 Å². The number of nitrogens with two attached hydrogens (primary N) is 1. The second-order valence-corrected chi connectivity index (χ2v) is 7.30. The monoisotopic (exact) mass is 368 g/mol. The summed E-state index contributed by atoms with van der Waals surface area (Å²) in [4.78, 5) is 23.5. The van der Waals surface area contributed by atoms with Gasteiger partial charge in [0.15, 0.2) is 5.78 Å². The molecule has 0 heterocycles. The fourth-order valence-electron chi connectivity index (χ4n) is 2.74. The van der Waals surface area contributed by atoms with E-state index in [-0.39, 0.29) is 36.4 Å². The number of unbranched alkanes of at least 4 members (excludes halogenated alkanes) is 5. The molecule has 5 nitrogen and oxygen atoms in total. The highest BCUT2D eigenvalue weighted by Gasteiger charge is 2.16. The van der Waals surface area contributed by atoms with Crippen LogP contribution >= 0.6 is 0 Å². The molecular formula is C21H40N2O3. The molecule has 26 heavy (non-hydrogen) atoms. The Morgan fingerprint density at radius 2 is 1.73 bits per heavy atom. The number of Topliss-reactive ketones (excluding diaryl/α,β-unsaturated/α-hetero) is 1. The summed E-state index contributed by atoms with van der Waals surface area (Å²) < 4.78 is 5.62. The van der Waals surface area contributed by atoms with Crippen LogP contribution in [0.4, 0.5) is 0 Å². The largest absolute Gasteiger partial charge is 0.364 e. The normalized spacial score (nSPS) is 13.4. The summed E-state index contributed by atoms with van der Waals surface area (Å²) in [6.07, 6.45) is 11.0. The zero-order valence-corrected chi connectivity index (χ0v) is 17.1. The maximum Gasteiger partial charge on any atom is 0.246 e. The number of amides is 1. The number of carbonyl (C=O) groups excluding carboxylic acids is 2. The highest BCUT2D eigenvalue weighted by molar-refractivity contribution is 5.85. The van der Waals surface area contributed by atoms with Crippen molar-refractivity contribution >= 4 is 11.7 Å². The number of rotatable bonds is 17. The molecule has 152 valence electrons. The number of nitrogens with one attached hydrogen (secondary N) is 1. The summed E-state index contributed by atoms with van der Waals surface area (Å²) >= 11 is 0. The van der Waals surface area contributed by atoms with Crippen molar-refractivity contribution in [3.05, 3.63) is 12.7 Å². The Hall–Kier alpha value is -1.20. The van der Waals surface area contributed by atoms with Gasteiger partial charge in [-0.2, -0.15) is 0 Å². The molecule has 5 heteroatoms. The fraction of sp³-hybridized carbons (Fsp3) is 0.810. The minimum Gasteiger partial charge on any atom is -0.364 e. The molecule has 0 aromatic heterocycles. The number of ketones is 1. The van der Waals surface area contributed by atoms with Crippen LogP contribution in [-0.2, 0) is 14.3 Å². The van der Waals surface area contributed by atoms with Gasteiger partial charge >= 0.3 is 0 Å². The van der Waals surface area contributed by atoms with Crippen molar-refractivity contribution < 1.29 is 14.3 Å². The summed E-state index contributed by atoms with van der Waals surface area (Å²) in [5.41, 5.74) is 5.86. The molecule has 0 radical (unpaired) electrons. The molecule has 0 saturated heterocycles. The average Bonchev–Trinajstić information content (AvgIpc) is 2.62. The predicted molar refractivity (Wildman–Crippen MR) is 108 cm³/mol. The van der Waals surface area contributed by atoms with Gasteiger partial charge in [-0.05, 0) is 25.7 Å². The Morgan fingerprint density at radius 1 is 1.08 bits per heavy atom. The van der Waals surface area contributed by atoms with E-state index < -0.39 is 0 Å². The lowest BCUT2D eigenvalue weighted by molar-refractivity contribution is -0.127. The van der Waals surface area contributed by atoms with Crippen LogP contribution in [-0.4, -0.2) is 37.0 Å². The summed E-state index contributed by atoms with van der Waals surface area (Å²) in [5, 5.41) is 2.85. The Labute approximate surface area is 160 Å². The maximum atomic E-state index is 11.8. The predicted octanol–water partition coefficient (Wildman–Crippen LogP) is 3.76. The molecule has 0 bridgehead atoms. The van der Waals surface area contributed by atoms with E-state index in [1.165, 1.54) is 25.7 Å². The van der Waals surface area contributed by atoms with Gasteiger partial charge in [0, 0.05) is 12.5 Å². The quantitative estimate of drug-likeness (QED) is 0.302. The van der Waals surface area contributed by atoms with E-state index in [0.717, 1.165) is 25.7 Å². The first-order valence-electron chi connectivity index (χ1n) is 10.2. The molecule has 0 aromatic rings. The molecule has 0 saturated carbocycles. The lowest BCUT2D eigenvalue weighted by Crippen LogP contribution is -2.34. The van der Waals surface area contributed by atoms with Crippen molar-refractivity contribution in [1.82, 2.24) is 5.32 Å². The molecule has 0 aliphatic rings. The van der Waals surface area contributed by atoms with E-state index in [1.54, 1.807) is 6.08 Å². The van der Waals surface area contributed by atoms with Gasteiger partial charge in [-0.15, -0.1) is 6.58 Å². The SMILES string of the molecule is C=CC(CCCCCCC)OCC(=O)NCCCC[C@H](N)C(=O)C(C)C. The summed E-state index contributed by atoms with van der Waals surface area (Å²) in [7, 11) is 0. The van der Waals surface area contributed by atoms with Gasteiger partial charge in [-0.1, -0.05) is 59.0 Å². The Bertz CT molecular complexity index is 397. The lowest BCUT2D eigenvalue weighted by Gasteiger charge is -2.14. The molecular weight excluding hydrogens is 328 g/mol. The van der Waals surface area contributed by atoms with Crippen molar-refractivity contribution in [2.45, 2.75) is 90.7 Å². The standard InChI is InChI=1S/C21H40N2O3/c1-5-7-8-9-10-13-18(6-2)26-16-20(24)23-15-12-11-14-19(22)21(25)17(3)4/h6,17-19H,2,5,7-16,22H2,1,3-4H3,(H,23,24)/t18?,19-/m0/s1. The first-order valence-corrected chi connectivity index (χ1v) is 10.2. The fourth-order valence-corrected chi connectivity index (χ4v) is 2.74. The van der Waals surface area contributed by atoms with E-state index in [9.17, 15) is 9.59 Å². The molecule has 1 amide bonds. The van der Waals surface area contributed by atoms with Crippen LogP contribution in [0.2, 0.25) is 0 Å². The lowest BCUT2D eigenvalue weighted by atomic mass is 9.98. The van der Waals surface area contributed by atoms with Crippen molar-refractivity contribution in [3.63, 3.8) is 0 Å². The van der Waals surface area contributed by atoms with Crippen molar-refractivity contribution in [2.75, 3.05) is 13.2 Å². The van der Waals surface area contributed by atoms with Crippen molar-refractivity contribution in [3.8, 4) is 0 Å². The van der Waals surface area contributed by atoms with Gasteiger partial charge in [-0.3, -0.25) is 9.59 Å². The summed E-state index contributed by atoms with van der Waals surface area (Å²) in [6.45, 7) is 10.4. The zero-order chi connectivity index (χ0) is 19.8. The third-order valence-electron chi connectivity index (χ3n) is 4.48. The first-order chi connectivity index (χ1) is 12.4. The topological polar surface area (TPSA) is 81.4 Å². The number of hydrogen-bond acceptors (Lipinski definition) is 4. The van der Waals surface area contributed by atoms with E-state index in [2.05, 4.69) is 18.8 Å². The highest BCUT2D eigenvalue weighted by atomic mass is 16.5. The Kier molecular flexibility index (Phi) is 15.3. The molecule has 0 aliphatic carbocycles. The van der Waals surface area contributed by atoms with Gasteiger partial charge < -0.3 is 15.8 Å². The molecule has 0 fully saturated rings. The highest BCUT2D eigenvalue weighted by Crippen LogP contribution is 2.10. The minimum absolute atomic E-state index is 0.0219. The van der Waals surface area contributed by atoms with Crippen LogP contribution in [0.3, 0.4) is 0 Å². The van der Waals surface area contributed by atoms with Gasteiger partial charge in [0.05, 0.1) is 12.1 Å². The van der Waals surface area contributed by atoms with Gasteiger partial charge in [0.2, 0.25) is 5.91 Å². The summed E-state index contributed by atoms with van der Waals surface area (Å²) in [6, 6.07) is -0.389. The molecule has 1 unspecified atom stereocenters. The number of ether oxygens (including phenoxy) is 1. The third kappa shape index (κ3) is 13.1. The second-order valence-electron chi connectivity index (χ2n) is 7.30. The van der Waals surface area contributed by atoms with Crippen molar-refractivity contribution in [1.29, 1.82) is 0 Å². The van der Waals surface area contributed by atoms with Crippen molar-refractivity contribution in [2.24, 2.45) is 11.7 Å². The number of hydrogen-bond donors (Lipinski definition) is 2. The molecule has 0 aromatic carbocycles. The minimum atomic E-state index is -0.389.